The zero-order valence-electron chi connectivity index (χ0n) is 23.9. The van der Waals surface area contributed by atoms with Crippen molar-refractivity contribution in [2.45, 2.75) is 57.0 Å². The van der Waals surface area contributed by atoms with Gasteiger partial charge in [-0.3, -0.25) is 14.2 Å². The van der Waals surface area contributed by atoms with E-state index in [1.807, 2.05) is 30.3 Å². The molecule has 0 saturated heterocycles. The Morgan fingerprint density at radius 2 is 1.14 bits per heavy atom. The topological polar surface area (TPSA) is 119 Å². The van der Waals surface area contributed by atoms with Crippen LogP contribution in [-0.2, 0) is 23.6 Å². The van der Waals surface area contributed by atoms with Crippen molar-refractivity contribution in [2.24, 2.45) is 35.5 Å². The van der Waals surface area contributed by atoms with Crippen LogP contribution in [0, 0.1) is 35.5 Å². The molecule has 1 aliphatic heterocycles. The lowest BCUT2D eigenvalue weighted by atomic mass is 9.83. The summed E-state index contributed by atoms with van der Waals surface area (Å²) in [6, 6.07) is 14.8. The van der Waals surface area contributed by atoms with Gasteiger partial charge in [-0.25, -0.2) is 0 Å². The van der Waals surface area contributed by atoms with E-state index in [1.54, 1.807) is 18.2 Å². The van der Waals surface area contributed by atoms with Gasteiger partial charge in [-0.1, -0.05) is 36.4 Å². The highest BCUT2D eigenvalue weighted by molar-refractivity contribution is 7.69. The highest BCUT2D eigenvalue weighted by atomic mass is 31.2. The molecule has 0 aromatic heterocycles. The molecule has 0 spiro atoms. The average Bonchev–Trinajstić information content (AvgIpc) is 3.80. The molecule has 3 unspecified atom stereocenters. The van der Waals surface area contributed by atoms with Crippen molar-refractivity contribution in [3.05, 3.63) is 48.5 Å². The van der Waals surface area contributed by atoms with Crippen molar-refractivity contribution in [1.29, 1.82) is 0 Å². The summed E-state index contributed by atoms with van der Waals surface area (Å²) >= 11 is 0. The Labute approximate surface area is 247 Å². The van der Waals surface area contributed by atoms with E-state index < -0.39 is 36.8 Å². The minimum Gasteiger partial charge on any atom is -0.465 e. The zero-order valence-corrected chi connectivity index (χ0v) is 24.8. The molecule has 0 bridgehead atoms. The van der Waals surface area contributed by atoms with E-state index in [0.717, 1.165) is 62.5 Å². The summed E-state index contributed by atoms with van der Waals surface area (Å²) in [5.41, 5.74) is 0.757. The van der Waals surface area contributed by atoms with Gasteiger partial charge in [-0.05, 0) is 92.7 Å². The smallest absolute Gasteiger partial charge is 0.310 e. The van der Waals surface area contributed by atoms with Crippen molar-refractivity contribution in [3.63, 3.8) is 0 Å². The Morgan fingerprint density at radius 3 is 1.67 bits per heavy atom. The number of para-hydroxylation sites is 1. The Balaban J connectivity index is 1.20. The predicted molar refractivity (Wildman–Crippen MR) is 158 cm³/mol. The fourth-order valence-corrected chi connectivity index (χ4v) is 10.4. The Bertz CT molecular complexity index is 1280. The molecule has 3 atom stereocenters. The third kappa shape index (κ3) is 5.78. The summed E-state index contributed by atoms with van der Waals surface area (Å²) in [7, 11) is -3.71. The van der Waals surface area contributed by atoms with Gasteiger partial charge in [0.05, 0.1) is 36.0 Å². The fraction of sp³-hybridized carbons (Fsp3) is 0.576. The summed E-state index contributed by atoms with van der Waals surface area (Å²) in [5, 5.41) is 19.4. The van der Waals surface area contributed by atoms with Crippen molar-refractivity contribution in [2.75, 3.05) is 26.4 Å². The maximum atomic E-state index is 14.9. The van der Waals surface area contributed by atoms with Crippen LogP contribution in [0.3, 0.4) is 0 Å². The van der Waals surface area contributed by atoms with Crippen LogP contribution in [0.5, 0.6) is 5.75 Å². The molecular weight excluding hydrogens is 555 g/mol. The normalized spacial score (nSPS) is 33.4. The molecule has 2 N–H and O–H groups in total. The highest BCUT2D eigenvalue weighted by Crippen LogP contribution is 2.69. The van der Waals surface area contributed by atoms with Gasteiger partial charge in [0, 0.05) is 18.8 Å². The Hall–Kier alpha value is -2.67. The number of carbonyl (C=O) groups is 2. The van der Waals surface area contributed by atoms with E-state index in [9.17, 15) is 24.4 Å². The first-order valence-corrected chi connectivity index (χ1v) is 17.2. The summed E-state index contributed by atoms with van der Waals surface area (Å²) < 4.78 is 32.7. The molecule has 6 rings (SSSR count). The molecule has 8 nitrogen and oxygen atoms in total. The first-order chi connectivity index (χ1) is 20.4. The van der Waals surface area contributed by atoms with Crippen LogP contribution < -0.4 is 9.83 Å². The van der Waals surface area contributed by atoms with Crippen LogP contribution in [0.25, 0.3) is 11.1 Å². The van der Waals surface area contributed by atoms with E-state index in [-0.39, 0.29) is 38.3 Å². The fourth-order valence-electron chi connectivity index (χ4n) is 7.20. The van der Waals surface area contributed by atoms with Crippen LogP contribution in [0.2, 0.25) is 0 Å². The van der Waals surface area contributed by atoms with Crippen LogP contribution in [0.15, 0.2) is 48.5 Å². The quantitative estimate of drug-likeness (QED) is 0.309. The molecule has 0 radical (unpaired) electrons. The van der Waals surface area contributed by atoms with Gasteiger partial charge >= 0.3 is 11.9 Å². The lowest BCUT2D eigenvalue weighted by Crippen LogP contribution is -2.24. The number of carbonyl (C=O) groups excluding carboxylic acids is 2. The molecule has 4 aliphatic rings. The second-order valence-electron chi connectivity index (χ2n) is 12.6. The molecule has 3 saturated carbocycles. The van der Waals surface area contributed by atoms with Crippen LogP contribution >= 0.6 is 7.37 Å². The number of hydrogen-bond acceptors (Lipinski definition) is 8. The number of fused-ring (bicyclic) bond motifs is 3. The van der Waals surface area contributed by atoms with E-state index in [2.05, 4.69) is 0 Å². The number of ether oxygens (including phenoxy) is 2. The largest absolute Gasteiger partial charge is 0.465 e. The molecule has 9 heteroatoms. The second-order valence-corrected chi connectivity index (χ2v) is 15.1. The molecule has 226 valence electrons. The third-order valence-electron chi connectivity index (χ3n) is 9.94. The summed E-state index contributed by atoms with van der Waals surface area (Å²) in [6.45, 7) is 0.868. The standard InChI is InChI=1S/C33H41O8P/c34-17-21-9-13-23(14-10-21)19-39-32(36)29-30(33(37)40-20-24-15-11-22(18-35)12-16-24)31(29)42(38)28-8-4-2-6-26(28)25-5-1-3-7-27(25)41-42/h1-8,21-24,29-31,34-35H,9-20H2. The van der Waals surface area contributed by atoms with Crippen LogP contribution in [-0.4, -0.2) is 54.2 Å². The number of aliphatic hydroxyl groups is 2. The van der Waals surface area contributed by atoms with E-state index in [0.29, 0.717) is 22.9 Å². The predicted octanol–water partition coefficient (Wildman–Crippen LogP) is 4.95. The molecule has 2 aromatic rings. The van der Waals surface area contributed by atoms with E-state index in [1.165, 1.54) is 0 Å². The summed E-state index contributed by atoms with van der Waals surface area (Å²) in [6.07, 6.45) is 7.12. The molecule has 3 aliphatic carbocycles. The van der Waals surface area contributed by atoms with E-state index in [4.69, 9.17) is 14.0 Å². The lowest BCUT2D eigenvalue weighted by molar-refractivity contribution is -0.153. The number of aliphatic hydroxyl groups excluding tert-OH is 2. The van der Waals surface area contributed by atoms with Crippen LogP contribution in [0.1, 0.15) is 51.4 Å². The van der Waals surface area contributed by atoms with Gasteiger partial charge in [0.15, 0.2) is 0 Å². The number of rotatable bonds is 9. The van der Waals surface area contributed by atoms with Crippen molar-refractivity contribution in [3.8, 4) is 16.9 Å². The molecule has 42 heavy (non-hydrogen) atoms. The van der Waals surface area contributed by atoms with Gasteiger partial charge in [-0.2, -0.15) is 0 Å². The number of hydrogen-bond donors (Lipinski definition) is 2. The maximum absolute atomic E-state index is 14.9. The summed E-state index contributed by atoms with van der Waals surface area (Å²) in [5.74, 6) is -1.34. The zero-order chi connectivity index (χ0) is 29.3. The SMILES string of the molecule is O=C(OCC1CCC(CO)CC1)C1C(C(=O)OCC2CCC(CO)CC2)C1P1(=O)Oc2ccccc2-c2ccccc21. The second kappa shape index (κ2) is 12.5. The first kappa shape index (κ1) is 29.4. The van der Waals surface area contributed by atoms with Gasteiger partial charge in [0.25, 0.3) is 7.37 Å². The third-order valence-corrected chi connectivity index (χ3v) is 12.9. The van der Waals surface area contributed by atoms with Gasteiger partial charge < -0.3 is 24.2 Å². The lowest BCUT2D eigenvalue weighted by Gasteiger charge is -2.29. The van der Waals surface area contributed by atoms with Gasteiger partial charge in [0.2, 0.25) is 0 Å². The Kier molecular flexibility index (Phi) is 8.76. The minimum absolute atomic E-state index is 0.183. The monoisotopic (exact) mass is 596 g/mol. The van der Waals surface area contributed by atoms with Crippen molar-refractivity contribution >= 4 is 24.6 Å². The van der Waals surface area contributed by atoms with Crippen molar-refractivity contribution in [1.82, 2.24) is 0 Å². The molecule has 3 fully saturated rings. The van der Waals surface area contributed by atoms with Gasteiger partial charge in [-0.15, -0.1) is 0 Å². The Morgan fingerprint density at radius 1 is 0.690 bits per heavy atom. The minimum atomic E-state index is -3.71. The molecule has 1 heterocycles. The van der Waals surface area contributed by atoms with E-state index >= 15 is 0 Å². The maximum Gasteiger partial charge on any atom is 0.310 e. The average molecular weight is 597 g/mol. The molecule has 0 amide bonds. The van der Waals surface area contributed by atoms with Crippen LogP contribution in [0.4, 0.5) is 0 Å². The first-order valence-electron chi connectivity index (χ1n) is 15.5. The summed E-state index contributed by atoms with van der Waals surface area (Å²) in [4.78, 5) is 27.1. The molecule has 2 aromatic carbocycles. The molecular formula is C33H41O8P. The highest BCUT2D eigenvalue weighted by Gasteiger charge is 2.71. The number of benzene rings is 2. The van der Waals surface area contributed by atoms with Gasteiger partial charge in [0.1, 0.15) is 5.75 Å². The number of esters is 2. The van der Waals surface area contributed by atoms with Crippen molar-refractivity contribution < 1.29 is 38.4 Å².